The molecule has 4 rings (SSSR count). The molecule has 0 aliphatic heterocycles. The zero-order valence-corrected chi connectivity index (χ0v) is 15.0. The second-order valence-corrected chi connectivity index (χ2v) is 6.92. The quantitative estimate of drug-likeness (QED) is 0.746. The van der Waals surface area contributed by atoms with Gasteiger partial charge in [0.1, 0.15) is 5.75 Å². The van der Waals surface area contributed by atoms with Crippen molar-refractivity contribution in [3.8, 4) is 17.1 Å². The lowest BCUT2D eigenvalue weighted by molar-refractivity contribution is 0.0697. The average molecular weight is 350 g/mol. The van der Waals surface area contributed by atoms with Gasteiger partial charge in [-0.3, -0.25) is 4.98 Å². The van der Waals surface area contributed by atoms with Gasteiger partial charge >= 0.3 is 5.97 Å². The number of aromatic nitrogens is 2. The van der Waals surface area contributed by atoms with Crippen molar-refractivity contribution in [1.29, 1.82) is 0 Å². The summed E-state index contributed by atoms with van der Waals surface area (Å²) in [6, 6.07) is 9.32. The molecule has 0 atom stereocenters. The van der Waals surface area contributed by atoms with E-state index in [2.05, 4.69) is 9.55 Å². The maximum Gasteiger partial charge on any atom is 0.335 e. The van der Waals surface area contributed by atoms with Crippen molar-refractivity contribution >= 4 is 16.9 Å². The van der Waals surface area contributed by atoms with Crippen LogP contribution >= 0.6 is 0 Å². The minimum Gasteiger partial charge on any atom is -0.495 e. The Labute approximate surface area is 152 Å². The van der Waals surface area contributed by atoms with Crippen LogP contribution in [-0.2, 0) is 7.05 Å². The fourth-order valence-electron chi connectivity index (χ4n) is 4.18. The Kier molecular flexibility index (Phi) is 4.15. The topological polar surface area (TPSA) is 64.3 Å². The number of hydrogen-bond acceptors (Lipinski definition) is 3. The second kappa shape index (κ2) is 6.48. The number of nitrogens with zero attached hydrogens (tertiary/aromatic N) is 2. The summed E-state index contributed by atoms with van der Waals surface area (Å²) < 4.78 is 7.32. The number of benzene rings is 1. The van der Waals surface area contributed by atoms with Gasteiger partial charge in [0.2, 0.25) is 0 Å². The molecule has 0 saturated heterocycles. The summed E-state index contributed by atoms with van der Waals surface area (Å²) in [6.45, 7) is 0. The Morgan fingerprint density at radius 1 is 1.23 bits per heavy atom. The van der Waals surface area contributed by atoms with Crippen molar-refractivity contribution in [3.63, 3.8) is 0 Å². The number of pyridine rings is 1. The van der Waals surface area contributed by atoms with Gasteiger partial charge < -0.3 is 14.4 Å². The van der Waals surface area contributed by atoms with Gasteiger partial charge in [-0.2, -0.15) is 0 Å². The molecule has 1 aromatic carbocycles. The van der Waals surface area contributed by atoms with Crippen molar-refractivity contribution in [1.82, 2.24) is 9.55 Å². The Bertz CT molecular complexity index is 967. The number of hydrogen-bond donors (Lipinski definition) is 1. The monoisotopic (exact) mass is 350 g/mol. The van der Waals surface area contributed by atoms with E-state index in [0.29, 0.717) is 11.5 Å². The van der Waals surface area contributed by atoms with Crippen molar-refractivity contribution < 1.29 is 14.6 Å². The van der Waals surface area contributed by atoms with Crippen molar-refractivity contribution in [2.45, 2.75) is 31.6 Å². The predicted molar refractivity (Wildman–Crippen MR) is 101 cm³/mol. The van der Waals surface area contributed by atoms with E-state index in [1.165, 1.54) is 31.2 Å². The standard InChI is InChI=1S/C21H22N2O3/c1-23-18-11-14(21(24)25)7-9-16(18)19(13-5-3-4-6-13)20(23)17-10-8-15(26-2)12-22-17/h7-13H,3-6H2,1-2H3,(H,24,25). The Morgan fingerprint density at radius 2 is 2.00 bits per heavy atom. The molecule has 1 aliphatic rings. The second-order valence-electron chi connectivity index (χ2n) is 6.92. The van der Waals surface area contributed by atoms with E-state index >= 15 is 0 Å². The Morgan fingerprint density at radius 3 is 2.62 bits per heavy atom. The van der Waals surface area contributed by atoms with Crippen LogP contribution in [0.5, 0.6) is 5.75 Å². The molecule has 0 unspecified atom stereocenters. The van der Waals surface area contributed by atoms with Gasteiger partial charge in [0.25, 0.3) is 0 Å². The van der Waals surface area contributed by atoms with E-state index in [-0.39, 0.29) is 0 Å². The first kappa shape index (κ1) is 16.6. The smallest absolute Gasteiger partial charge is 0.335 e. The summed E-state index contributed by atoms with van der Waals surface area (Å²) in [7, 11) is 3.62. The average Bonchev–Trinajstić information content (AvgIpc) is 3.28. The number of carbonyl (C=O) groups is 1. The first-order chi connectivity index (χ1) is 12.6. The summed E-state index contributed by atoms with van der Waals surface area (Å²) in [5.74, 6) is 0.316. The largest absolute Gasteiger partial charge is 0.495 e. The van der Waals surface area contributed by atoms with Gasteiger partial charge in [0.05, 0.1) is 30.3 Å². The number of ether oxygens (including phenoxy) is 1. The van der Waals surface area contributed by atoms with E-state index in [4.69, 9.17) is 4.74 Å². The Balaban J connectivity index is 1.97. The number of fused-ring (bicyclic) bond motifs is 1. The van der Waals surface area contributed by atoms with Crippen LogP contribution in [0.2, 0.25) is 0 Å². The van der Waals surface area contributed by atoms with Gasteiger partial charge in [0.15, 0.2) is 0 Å². The fraction of sp³-hybridized carbons (Fsp3) is 0.333. The molecular weight excluding hydrogens is 328 g/mol. The van der Waals surface area contributed by atoms with Crippen molar-refractivity contribution in [2.75, 3.05) is 7.11 Å². The third-order valence-corrected chi connectivity index (χ3v) is 5.46. The molecule has 0 spiro atoms. The lowest BCUT2D eigenvalue weighted by Crippen LogP contribution is -2.00. The normalized spacial score (nSPS) is 14.8. The van der Waals surface area contributed by atoms with Gasteiger partial charge in [-0.1, -0.05) is 18.9 Å². The molecule has 0 radical (unpaired) electrons. The summed E-state index contributed by atoms with van der Waals surface area (Å²) in [5, 5.41) is 10.5. The summed E-state index contributed by atoms with van der Waals surface area (Å²) in [5.41, 5.74) is 4.53. The first-order valence-electron chi connectivity index (χ1n) is 8.96. The highest BCUT2D eigenvalue weighted by molar-refractivity contribution is 5.97. The number of carboxylic acid groups (broad SMARTS) is 1. The molecule has 1 saturated carbocycles. The summed E-state index contributed by atoms with van der Waals surface area (Å²) >= 11 is 0. The van der Waals surface area contributed by atoms with Crippen LogP contribution in [0.1, 0.15) is 47.5 Å². The molecular formula is C21H22N2O3. The molecule has 0 bridgehead atoms. The van der Waals surface area contributed by atoms with Gasteiger partial charge in [0, 0.05) is 18.0 Å². The minimum atomic E-state index is -0.903. The van der Waals surface area contributed by atoms with E-state index < -0.39 is 5.97 Å². The zero-order chi connectivity index (χ0) is 18.3. The van der Waals surface area contributed by atoms with Gasteiger partial charge in [-0.25, -0.2) is 4.79 Å². The van der Waals surface area contributed by atoms with Gasteiger partial charge in [-0.05, 0) is 48.6 Å². The summed E-state index contributed by atoms with van der Waals surface area (Å²) in [6.07, 6.45) is 6.55. The minimum absolute atomic E-state index is 0.310. The number of methoxy groups -OCH3 is 1. The maximum absolute atomic E-state index is 11.4. The molecule has 0 amide bonds. The molecule has 1 aliphatic carbocycles. The van der Waals surface area contributed by atoms with Crippen LogP contribution in [0.15, 0.2) is 36.5 Å². The third kappa shape index (κ3) is 2.64. The van der Waals surface area contributed by atoms with Crippen LogP contribution in [0.25, 0.3) is 22.3 Å². The third-order valence-electron chi connectivity index (χ3n) is 5.46. The molecule has 5 nitrogen and oxygen atoms in total. The molecule has 2 heterocycles. The highest BCUT2D eigenvalue weighted by atomic mass is 16.5. The number of carboxylic acids is 1. The number of aromatic carboxylic acids is 1. The van der Waals surface area contributed by atoms with Crippen molar-refractivity contribution in [2.24, 2.45) is 7.05 Å². The van der Waals surface area contributed by atoms with Crippen LogP contribution in [0.4, 0.5) is 0 Å². The molecule has 134 valence electrons. The highest BCUT2D eigenvalue weighted by Crippen LogP contribution is 2.44. The number of rotatable bonds is 4. The lowest BCUT2D eigenvalue weighted by atomic mass is 9.93. The molecule has 5 heteroatoms. The molecule has 26 heavy (non-hydrogen) atoms. The van der Waals surface area contributed by atoms with Crippen LogP contribution in [0.3, 0.4) is 0 Å². The Hall–Kier alpha value is -2.82. The van der Waals surface area contributed by atoms with Crippen molar-refractivity contribution in [3.05, 3.63) is 47.7 Å². The highest BCUT2D eigenvalue weighted by Gasteiger charge is 2.27. The maximum atomic E-state index is 11.4. The number of aryl methyl sites for hydroxylation is 1. The summed E-state index contributed by atoms with van der Waals surface area (Å²) in [4.78, 5) is 16.0. The molecule has 1 N–H and O–H groups in total. The molecule has 1 fully saturated rings. The molecule has 2 aromatic heterocycles. The van der Waals surface area contributed by atoms with E-state index in [1.54, 1.807) is 25.4 Å². The molecule has 3 aromatic rings. The van der Waals surface area contributed by atoms with Gasteiger partial charge in [-0.15, -0.1) is 0 Å². The first-order valence-corrected chi connectivity index (χ1v) is 8.96. The van der Waals surface area contributed by atoms with Crippen LogP contribution < -0.4 is 4.74 Å². The zero-order valence-electron chi connectivity index (χ0n) is 15.0. The van der Waals surface area contributed by atoms with E-state index in [1.807, 2.05) is 25.2 Å². The van der Waals surface area contributed by atoms with E-state index in [0.717, 1.165) is 28.0 Å². The van der Waals surface area contributed by atoms with E-state index in [9.17, 15) is 9.90 Å². The fourth-order valence-corrected chi connectivity index (χ4v) is 4.18. The van der Waals surface area contributed by atoms with Crippen LogP contribution in [-0.4, -0.2) is 27.7 Å². The lowest BCUT2D eigenvalue weighted by Gasteiger charge is -2.13. The predicted octanol–water partition coefficient (Wildman–Crippen LogP) is 4.60. The van der Waals surface area contributed by atoms with Crippen LogP contribution in [0, 0.1) is 0 Å². The SMILES string of the molecule is COc1ccc(-c2c(C3CCCC3)c3ccc(C(=O)O)cc3n2C)nc1.